The van der Waals surface area contributed by atoms with Gasteiger partial charge in [-0.1, -0.05) is 0 Å². The number of nitrogens with zero attached hydrogens (tertiary/aromatic N) is 1. The van der Waals surface area contributed by atoms with E-state index >= 15 is 0 Å². The van der Waals surface area contributed by atoms with E-state index in [1.54, 1.807) is 20.1 Å². The van der Waals surface area contributed by atoms with Crippen LogP contribution in [0, 0.1) is 12.7 Å². The molecule has 0 saturated heterocycles. The summed E-state index contributed by atoms with van der Waals surface area (Å²) >= 11 is 0. The monoisotopic (exact) mass is 351 g/mol. The summed E-state index contributed by atoms with van der Waals surface area (Å²) in [5.74, 6) is 0.212. The SMILES string of the molecule is COc1ccc2c(c1)CCc1c-2n[nH]c1C(=O)Nc1ccc(F)cc1C. The molecular formula is C20H18FN3O2. The minimum Gasteiger partial charge on any atom is -0.497 e. The smallest absolute Gasteiger partial charge is 0.273 e. The van der Waals surface area contributed by atoms with Gasteiger partial charge >= 0.3 is 0 Å². The van der Waals surface area contributed by atoms with Crippen LogP contribution in [0.5, 0.6) is 5.75 Å². The Morgan fingerprint density at radius 2 is 2.08 bits per heavy atom. The van der Waals surface area contributed by atoms with E-state index in [0.29, 0.717) is 16.9 Å². The fourth-order valence-corrected chi connectivity index (χ4v) is 3.37. The molecular weight excluding hydrogens is 333 g/mol. The first-order valence-corrected chi connectivity index (χ1v) is 8.39. The second kappa shape index (κ2) is 6.29. The van der Waals surface area contributed by atoms with Crippen LogP contribution in [0.2, 0.25) is 0 Å². The van der Waals surface area contributed by atoms with Crippen LogP contribution in [0.1, 0.15) is 27.2 Å². The number of carbonyl (C=O) groups is 1. The van der Waals surface area contributed by atoms with E-state index in [-0.39, 0.29) is 11.7 Å². The molecule has 1 aliphatic rings. The zero-order valence-electron chi connectivity index (χ0n) is 14.5. The molecule has 26 heavy (non-hydrogen) atoms. The van der Waals surface area contributed by atoms with Gasteiger partial charge in [0.1, 0.15) is 17.3 Å². The predicted molar refractivity (Wildman–Crippen MR) is 97.1 cm³/mol. The fourth-order valence-electron chi connectivity index (χ4n) is 3.37. The third-order valence-corrected chi connectivity index (χ3v) is 4.74. The summed E-state index contributed by atoms with van der Waals surface area (Å²) in [5.41, 5.74) is 5.58. The van der Waals surface area contributed by atoms with Crippen molar-refractivity contribution in [3.05, 3.63) is 64.6 Å². The lowest BCUT2D eigenvalue weighted by Gasteiger charge is -2.17. The minimum absolute atomic E-state index is 0.273. The summed E-state index contributed by atoms with van der Waals surface area (Å²) in [7, 11) is 1.64. The number of ether oxygens (including phenoxy) is 1. The number of fused-ring (bicyclic) bond motifs is 3. The number of methoxy groups -OCH3 is 1. The Hall–Kier alpha value is -3.15. The predicted octanol–water partition coefficient (Wildman–Crippen LogP) is 3.88. The second-order valence-corrected chi connectivity index (χ2v) is 6.36. The number of hydrogen-bond acceptors (Lipinski definition) is 3. The van der Waals surface area contributed by atoms with E-state index in [4.69, 9.17) is 4.74 Å². The highest BCUT2D eigenvalue weighted by Gasteiger charge is 2.25. The van der Waals surface area contributed by atoms with Crippen molar-refractivity contribution in [2.75, 3.05) is 12.4 Å². The van der Waals surface area contributed by atoms with Crippen LogP contribution in [0.3, 0.4) is 0 Å². The highest BCUT2D eigenvalue weighted by molar-refractivity contribution is 6.05. The molecule has 2 N–H and O–H groups in total. The van der Waals surface area contributed by atoms with Gasteiger partial charge in [-0.25, -0.2) is 4.39 Å². The average molecular weight is 351 g/mol. The topological polar surface area (TPSA) is 67.0 Å². The first-order valence-electron chi connectivity index (χ1n) is 8.39. The number of nitrogens with one attached hydrogen (secondary N) is 2. The van der Waals surface area contributed by atoms with Crippen LogP contribution < -0.4 is 10.1 Å². The average Bonchev–Trinajstić information content (AvgIpc) is 3.08. The van der Waals surface area contributed by atoms with Crippen LogP contribution in [0.4, 0.5) is 10.1 Å². The molecule has 4 rings (SSSR count). The van der Waals surface area contributed by atoms with Crippen molar-refractivity contribution in [3.63, 3.8) is 0 Å². The largest absolute Gasteiger partial charge is 0.497 e. The van der Waals surface area contributed by atoms with Gasteiger partial charge in [-0.3, -0.25) is 9.89 Å². The third kappa shape index (κ3) is 2.73. The molecule has 0 bridgehead atoms. The number of aryl methyl sites for hydroxylation is 2. The van der Waals surface area contributed by atoms with E-state index in [2.05, 4.69) is 15.5 Å². The van der Waals surface area contributed by atoms with Crippen LogP contribution >= 0.6 is 0 Å². The Bertz CT molecular complexity index is 1010. The summed E-state index contributed by atoms with van der Waals surface area (Å²) in [4.78, 5) is 12.7. The molecule has 3 aromatic rings. The van der Waals surface area contributed by atoms with Gasteiger partial charge in [0, 0.05) is 16.8 Å². The zero-order valence-corrected chi connectivity index (χ0v) is 14.5. The lowest BCUT2D eigenvalue weighted by molar-refractivity contribution is 0.102. The van der Waals surface area contributed by atoms with Crippen molar-refractivity contribution in [1.29, 1.82) is 0 Å². The Morgan fingerprint density at radius 1 is 1.23 bits per heavy atom. The second-order valence-electron chi connectivity index (χ2n) is 6.36. The molecule has 0 saturated carbocycles. The van der Waals surface area contributed by atoms with E-state index in [1.165, 1.54) is 12.1 Å². The zero-order chi connectivity index (χ0) is 18.3. The van der Waals surface area contributed by atoms with Crippen molar-refractivity contribution in [2.45, 2.75) is 19.8 Å². The molecule has 1 heterocycles. The Balaban J connectivity index is 1.65. The van der Waals surface area contributed by atoms with Gasteiger partial charge in [0.2, 0.25) is 0 Å². The molecule has 1 aliphatic carbocycles. The standard InChI is InChI=1S/C20H18FN3O2/c1-11-9-13(21)4-8-17(11)22-20(25)19-16-6-3-12-10-14(26-2)5-7-15(12)18(16)23-24-19/h4-5,7-10H,3,6H2,1-2H3,(H,22,25)(H,23,24). The minimum atomic E-state index is -0.327. The van der Waals surface area contributed by atoms with Crippen molar-refractivity contribution >= 4 is 11.6 Å². The number of aromatic amines is 1. The molecule has 132 valence electrons. The number of carbonyl (C=O) groups excluding carboxylic acids is 1. The summed E-state index contributed by atoms with van der Waals surface area (Å²) in [5, 5.41) is 10.1. The number of anilines is 1. The molecule has 0 aliphatic heterocycles. The van der Waals surface area contributed by atoms with Crippen LogP contribution in [0.25, 0.3) is 11.3 Å². The number of halogens is 1. The van der Waals surface area contributed by atoms with Crippen molar-refractivity contribution < 1.29 is 13.9 Å². The van der Waals surface area contributed by atoms with E-state index in [9.17, 15) is 9.18 Å². The molecule has 5 nitrogen and oxygen atoms in total. The van der Waals surface area contributed by atoms with Gasteiger partial charge < -0.3 is 10.1 Å². The molecule has 0 atom stereocenters. The maximum absolute atomic E-state index is 13.2. The lowest BCUT2D eigenvalue weighted by atomic mass is 9.89. The van der Waals surface area contributed by atoms with Crippen LogP contribution in [-0.2, 0) is 12.8 Å². The van der Waals surface area contributed by atoms with Crippen molar-refractivity contribution in [1.82, 2.24) is 10.2 Å². The Labute approximate surface area is 150 Å². The molecule has 0 unspecified atom stereocenters. The van der Waals surface area contributed by atoms with Crippen molar-refractivity contribution in [3.8, 4) is 17.0 Å². The summed E-state index contributed by atoms with van der Waals surface area (Å²) in [6.07, 6.45) is 1.53. The van der Waals surface area contributed by atoms with E-state index in [0.717, 1.165) is 41.0 Å². The van der Waals surface area contributed by atoms with E-state index < -0.39 is 0 Å². The summed E-state index contributed by atoms with van der Waals surface area (Å²) < 4.78 is 18.5. The van der Waals surface area contributed by atoms with Crippen molar-refractivity contribution in [2.24, 2.45) is 0 Å². The van der Waals surface area contributed by atoms with Gasteiger partial charge in [0.25, 0.3) is 5.91 Å². The number of benzene rings is 2. The van der Waals surface area contributed by atoms with Crippen LogP contribution in [-0.4, -0.2) is 23.2 Å². The molecule has 1 aromatic heterocycles. The molecule has 6 heteroatoms. The number of aromatic nitrogens is 2. The van der Waals surface area contributed by atoms with Gasteiger partial charge in [0.05, 0.1) is 12.8 Å². The van der Waals surface area contributed by atoms with Gasteiger partial charge in [-0.2, -0.15) is 5.10 Å². The quantitative estimate of drug-likeness (QED) is 0.752. The van der Waals surface area contributed by atoms with Gasteiger partial charge in [-0.05, 0) is 67.3 Å². The Kier molecular flexibility index (Phi) is 3.95. The van der Waals surface area contributed by atoms with Gasteiger partial charge in [0.15, 0.2) is 0 Å². The normalized spacial score (nSPS) is 12.3. The summed E-state index contributed by atoms with van der Waals surface area (Å²) in [6.45, 7) is 1.75. The third-order valence-electron chi connectivity index (χ3n) is 4.74. The molecule has 0 fully saturated rings. The number of rotatable bonds is 3. The first kappa shape index (κ1) is 16.3. The number of H-pyrrole nitrogens is 1. The Morgan fingerprint density at radius 3 is 2.85 bits per heavy atom. The maximum atomic E-state index is 13.2. The highest BCUT2D eigenvalue weighted by Crippen LogP contribution is 2.35. The summed E-state index contributed by atoms with van der Waals surface area (Å²) in [6, 6.07) is 10.2. The first-order chi connectivity index (χ1) is 12.6. The number of amides is 1. The number of hydrogen-bond donors (Lipinski definition) is 2. The van der Waals surface area contributed by atoms with Gasteiger partial charge in [-0.15, -0.1) is 0 Å². The molecule has 0 spiro atoms. The maximum Gasteiger partial charge on any atom is 0.273 e. The van der Waals surface area contributed by atoms with E-state index in [1.807, 2.05) is 18.2 Å². The fraction of sp³-hybridized carbons (Fsp3) is 0.200. The van der Waals surface area contributed by atoms with Crippen LogP contribution in [0.15, 0.2) is 36.4 Å². The molecule has 1 amide bonds. The molecule has 2 aromatic carbocycles. The highest BCUT2D eigenvalue weighted by atomic mass is 19.1. The molecule has 0 radical (unpaired) electrons. The lowest BCUT2D eigenvalue weighted by Crippen LogP contribution is -2.16.